The summed E-state index contributed by atoms with van der Waals surface area (Å²) >= 11 is 6.80. The van der Waals surface area contributed by atoms with Crippen LogP contribution in [0.3, 0.4) is 0 Å². The quantitative estimate of drug-likeness (QED) is 0.912. The molecule has 1 heterocycles. The number of thiazole rings is 1. The molecule has 5 nitrogen and oxygen atoms in total. The summed E-state index contributed by atoms with van der Waals surface area (Å²) in [6.45, 7) is 1.65. The van der Waals surface area contributed by atoms with Gasteiger partial charge < -0.3 is 11.1 Å². The van der Waals surface area contributed by atoms with E-state index in [2.05, 4.69) is 10.3 Å². The highest BCUT2D eigenvalue weighted by molar-refractivity contribution is 7.15. The number of nitrogens with one attached hydrogen (secondary N) is 1. The van der Waals surface area contributed by atoms with Crippen LogP contribution in [0.15, 0.2) is 24.3 Å². The lowest BCUT2D eigenvalue weighted by atomic mass is 10.3. The number of carbonyl (C=O) groups is 2. The molecule has 1 aromatic carbocycles. The molecule has 98 valence electrons. The van der Waals surface area contributed by atoms with Gasteiger partial charge in [0, 0.05) is 10.7 Å². The number of amides is 2. The monoisotopic (exact) mass is 295 g/mol. The Morgan fingerprint density at radius 2 is 2.16 bits per heavy atom. The lowest BCUT2D eigenvalue weighted by Crippen LogP contribution is -2.11. The normalized spacial score (nSPS) is 10.2. The van der Waals surface area contributed by atoms with Crippen molar-refractivity contribution in [2.75, 3.05) is 5.32 Å². The Labute approximate surface area is 118 Å². The van der Waals surface area contributed by atoms with E-state index in [0.29, 0.717) is 21.3 Å². The highest BCUT2D eigenvalue weighted by Crippen LogP contribution is 2.21. The van der Waals surface area contributed by atoms with Crippen LogP contribution in [0, 0.1) is 6.92 Å². The third kappa shape index (κ3) is 3.10. The van der Waals surface area contributed by atoms with Crippen molar-refractivity contribution in [2.24, 2.45) is 5.73 Å². The van der Waals surface area contributed by atoms with Crippen LogP contribution in [-0.2, 0) is 0 Å². The second kappa shape index (κ2) is 5.38. The molecule has 0 aliphatic heterocycles. The Balaban J connectivity index is 2.23. The molecule has 0 spiro atoms. The van der Waals surface area contributed by atoms with Gasteiger partial charge in [0.15, 0.2) is 5.01 Å². The van der Waals surface area contributed by atoms with Crippen LogP contribution in [0.2, 0.25) is 5.02 Å². The minimum Gasteiger partial charge on any atom is -0.364 e. The SMILES string of the molecule is Cc1nc(C(N)=O)sc1C(=O)Nc1cccc(Cl)c1. The number of hydrogen-bond acceptors (Lipinski definition) is 4. The van der Waals surface area contributed by atoms with Crippen molar-refractivity contribution in [3.8, 4) is 0 Å². The van der Waals surface area contributed by atoms with Crippen molar-refractivity contribution >= 4 is 40.4 Å². The van der Waals surface area contributed by atoms with Crippen LogP contribution < -0.4 is 11.1 Å². The molecule has 0 radical (unpaired) electrons. The van der Waals surface area contributed by atoms with Gasteiger partial charge in [-0.1, -0.05) is 17.7 Å². The Morgan fingerprint density at radius 3 is 2.74 bits per heavy atom. The molecule has 2 rings (SSSR count). The van der Waals surface area contributed by atoms with Gasteiger partial charge in [-0.2, -0.15) is 0 Å². The molecule has 19 heavy (non-hydrogen) atoms. The largest absolute Gasteiger partial charge is 0.364 e. The van der Waals surface area contributed by atoms with Gasteiger partial charge in [0.25, 0.3) is 11.8 Å². The summed E-state index contributed by atoms with van der Waals surface area (Å²) < 4.78 is 0. The third-order valence-electron chi connectivity index (χ3n) is 2.30. The van der Waals surface area contributed by atoms with Gasteiger partial charge in [0.2, 0.25) is 0 Å². The molecule has 3 N–H and O–H groups in total. The number of aromatic nitrogens is 1. The molecule has 0 atom stereocenters. The molecule has 0 aliphatic carbocycles. The smallest absolute Gasteiger partial charge is 0.277 e. The second-order valence-corrected chi connectivity index (χ2v) is 5.20. The van der Waals surface area contributed by atoms with Crippen molar-refractivity contribution in [3.63, 3.8) is 0 Å². The Bertz CT molecular complexity index is 654. The number of nitrogens with zero attached hydrogens (tertiary/aromatic N) is 1. The molecular weight excluding hydrogens is 286 g/mol. The van der Waals surface area contributed by atoms with Gasteiger partial charge in [-0.15, -0.1) is 11.3 Å². The number of primary amides is 1. The van der Waals surface area contributed by atoms with Crippen LogP contribution >= 0.6 is 22.9 Å². The number of hydrogen-bond donors (Lipinski definition) is 2. The minimum absolute atomic E-state index is 0.119. The molecule has 0 unspecified atom stereocenters. The molecule has 0 saturated carbocycles. The van der Waals surface area contributed by atoms with Gasteiger partial charge in [-0.05, 0) is 25.1 Å². The van der Waals surface area contributed by atoms with E-state index in [0.717, 1.165) is 11.3 Å². The molecule has 0 bridgehead atoms. The fourth-order valence-electron chi connectivity index (χ4n) is 1.47. The predicted molar refractivity (Wildman–Crippen MR) is 74.8 cm³/mol. The van der Waals surface area contributed by atoms with Gasteiger partial charge >= 0.3 is 0 Å². The van der Waals surface area contributed by atoms with E-state index >= 15 is 0 Å². The van der Waals surface area contributed by atoms with Crippen LogP contribution in [0.1, 0.15) is 25.2 Å². The lowest BCUT2D eigenvalue weighted by molar-refractivity contribution is 0.0997. The van der Waals surface area contributed by atoms with Crippen LogP contribution in [0.4, 0.5) is 5.69 Å². The second-order valence-electron chi connectivity index (χ2n) is 3.76. The maximum Gasteiger partial charge on any atom is 0.277 e. The van der Waals surface area contributed by atoms with Crippen LogP contribution in [-0.4, -0.2) is 16.8 Å². The third-order valence-corrected chi connectivity index (χ3v) is 3.70. The van der Waals surface area contributed by atoms with Gasteiger partial charge in [-0.3, -0.25) is 9.59 Å². The average Bonchev–Trinajstić information content (AvgIpc) is 2.71. The van der Waals surface area contributed by atoms with Gasteiger partial charge in [0.05, 0.1) is 5.69 Å². The van der Waals surface area contributed by atoms with Crippen LogP contribution in [0.25, 0.3) is 0 Å². The maximum absolute atomic E-state index is 12.0. The zero-order valence-corrected chi connectivity index (χ0v) is 11.5. The van der Waals surface area contributed by atoms with E-state index < -0.39 is 5.91 Å². The molecule has 2 aromatic rings. The van der Waals surface area contributed by atoms with Crippen molar-refractivity contribution in [1.29, 1.82) is 0 Å². The zero-order valence-electron chi connectivity index (χ0n) is 9.94. The highest BCUT2D eigenvalue weighted by atomic mass is 35.5. The van der Waals surface area contributed by atoms with Crippen molar-refractivity contribution in [3.05, 3.63) is 44.9 Å². The highest BCUT2D eigenvalue weighted by Gasteiger charge is 2.17. The summed E-state index contributed by atoms with van der Waals surface area (Å²) in [4.78, 5) is 27.4. The molecule has 0 saturated heterocycles. The predicted octanol–water partition coefficient (Wildman–Crippen LogP) is 2.46. The van der Waals surface area contributed by atoms with E-state index in [9.17, 15) is 9.59 Å². The molecule has 7 heteroatoms. The molecule has 0 aliphatic rings. The number of halogens is 1. The molecular formula is C12H10ClN3O2S. The summed E-state index contributed by atoms with van der Waals surface area (Å²) in [5.41, 5.74) is 6.17. The number of anilines is 1. The average molecular weight is 296 g/mol. The first-order valence-electron chi connectivity index (χ1n) is 5.31. The Kier molecular flexibility index (Phi) is 3.82. The number of nitrogens with two attached hydrogens (primary N) is 1. The fourth-order valence-corrected chi connectivity index (χ4v) is 2.47. The van der Waals surface area contributed by atoms with E-state index in [1.165, 1.54) is 0 Å². The first kappa shape index (κ1) is 13.5. The molecule has 0 fully saturated rings. The van der Waals surface area contributed by atoms with E-state index in [-0.39, 0.29) is 10.9 Å². The number of benzene rings is 1. The summed E-state index contributed by atoms with van der Waals surface area (Å²) in [7, 11) is 0. The minimum atomic E-state index is -0.644. The zero-order chi connectivity index (χ0) is 14.0. The van der Waals surface area contributed by atoms with E-state index in [4.69, 9.17) is 17.3 Å². The van der Waals surface area contributed by atoms with Crippen molar-refractivity contribution < 1.29 is 9.59 Å². The Morgan fingerprint density at radius 1 is 1.42 bits per heavy atom. The summed E-state index contributed by atoms with van der Waals surface area (Å²) in [6, 6.07) is 6.78. The Hall–Kier alpha value is -1.92. The van der Waals surface area contributed by atoms with E-state index in [1.54, 1.807) is 31.2 Å². The van der Waals surface area contributed by atoms with Crippen LogP contribution in [0.5, 0.6) is 0 Å². The van der Waals surface area contributed by atoms with Crippen molar-refractivity contribution in [1.82, 2.24) is 4.98 Å². The standard InChI is InChI=1S/C12H10ClN3O2S/c1-6-9(19-12(15-6)10(14)17)11(18)16-8-4-2-3-7(13)5-8/h2-5H,1H3,(H2,14,17)(H,16,18). The van der Waals surface area contributed by atoms with E-state index in [1.807, 2.05) is 0 Å². The molecule has 2 amide bonds. The first-order valence-corrected chi connectivity index (χ1v) is 6.51. The van der Waals surface area contributed by atoms with Crippen molar-refractivity contribution in [2.45, 2.75) is 6.92 Å². The number of aryl methyl sites for hydroxylation is 1. The lowest BCUT2D eigenvalue weighted by Gasteiger charge is -2.03. The maximum atomic E-state index is 12.0. The number of rotatable bonds is 3. The summed E-state index contributed by atoms with van der Waals surface area (Å²) in [6.07, 6.45) is 0. The topological polar surface area (TPSA) is 85.1 Å². The van der Waals surface area contributed by atoms with Gasteiger partial charge in [0.1, 0.15) is 4.88 Å². The first-order chi connectivity index (χ1) is 8.97. The summed E-state index contributed by atoms with van der Waals surface area (Å²) in [5.74, 6) is -0.986. The fraction of sp³-hybridized carbons (Fsp3) is 0.0833. The van der Waals surface area contributed by atoms with Gasteiger partial charge in [-0.25, -0.2) is 4.98 Å². The molecule has 1 aromatic heterocycles. The number of carbonyl (C=O) groups excluding carboxylic acids is 2. The summed E-state index contributed by atoms with van der Waals surface area (Å²) in [5, 5.41) is 3.33.